The van der Waals surface area contributed by atoms with Crippen LogP contribution in [0.1, 0.15) is 25.3 Å². The highest BCUT2D eigenvalue weighted by Gasteiger charge is 2.30. The van der Waals surface area contributed by atoms with Gasteiger partial charge in [0.2, 0.25) is 0 Å². The summed E-state index contributed by atoms with van der Waals surface area (Å²) >= 11 is 0. The summed E-state index contributed by atoms with van der Waals surface area (Å²) in [6.07, 6.45) is 0.564. The summed E-state index contributed by atoms with van der Waals surface area (Å²) in [4.78, 5) is 10.7. The fraction of sp³-hybridized carbons (Fsp3) is 0.364. The molecule has 0 bridgehead atoms. The van der Waals surface area contributed by atoms with Crippen molar-refractivity contribution in [3.63, 3.8) is 0 Å². The first-order valence-electron chi connectivity index (χ1n) is 4.38. The second-order valence-electron chi connectivity index (χ2n) is 3.77. The summed E-state index contributed by atoms with van der Waals surface area (Å²) in [5.74, 6) is -0.798. The Bertz CT molecular complexity index is 328. The SMILES string of the molecule is CC(C)(F)C(C=O)c1cccc(O)c1. The number of phenolic OH excluding ortho intramolecular Hbond substituents is 1. The van der Waals surface area contributed by atoms with Gasteiger partial charge in [0.15, 0.2) is 0 Å². The van der Waals surface area contributed by atoms with Crippen molar-refractivity contribution in [2.75, 3.05) is 0 Å². The first-order valence-corrected chi connectivity index (χ1v) is 4.38. The second-order valence-corrected chi connectivity index (χ2v) is 3.77. The molecular weight excluding hydrogens is 183 g/mol. The van der Waals surface area contributed by atoms with Gasteiger partial charge in [-0.2, -0.15) is 0 Å². The summed E-state index contributed by atoms with van der Waals surface area (Å²) in [7, 11) is 0. The third-order valence-electron chi connectivity index (χ3n) is 2.10. The first-order chi connectivity index (χ1) is 6.45. The van der Waals surface area contributed by atoms with Crippen molar-refractivity contribution in [2.24, 2.45) is 0 Å². The second kappa shape index (κ2) is 3.78. The molecule has 0 aromatic heterocycles. The van der Waals surface area contributed by atoms with E-state index in [2.05, 4.69) is 0 Å². The lowest BCUT2D eigenvalue weighted by molar-refractivity contribution is -0.111. The van der Waals surface area contributed by atoms with E-state index in [0.717, 1.165) is 0 Å². The molecule has 3 heteroatoms. The van der Waals surface area contributed by atoms with Crippen LogP contribution in [0.3, 0.4) is 0 Å². The van der Waals surface area contributed by atoms with Gasteiger partial charge in [0.1, 0.15) is 17.7 Å². The van der Waals surface area contributed by atoms with E-state index >= 15 is 0 Å². The lowest BCUT2D eigenvalue weighted by atomic mass is 9.87. The van der Waals surface area contributed by atoms with E-state index in [9.17, 15) is 14.3 Å². The molecule has 0 amide bonds. The topological polar surface area (TPSA) is 37.3 Å². The number of carbonyl (C=O) groups excluding carboxylic acids is 1. The highest BCUT2D eigenvalue weighted by molar-refractivity contribution is 5.64. The Morgan fingerprint density at radius 1 is 1.50 bits per heavy atom. The minimum absolute atomic E-state index is 0.0404. The van der Waals surface area contributed by atoms with Crippen LogP contribution in [0, 0.1) is 0 Å². The molecule has 1 rings (SSSR count). The van der Waals surface area contributed by atoms with E-state index in [0.29, 0.717) is 11.8 Å². The van der Waals surface area contributed by atoms with Gasteiger partial charge in [-0.25, -0.2) is 4.39 Å². The molecular formula is C11H13FO2. The number of aldehydes is 1. The average Bonchev–Trinajstić information content (AvgIpc) is 2.02. The lowest BCUT2D eigenvalue weighted by Crippen LogP contribution is -2.24. The predicted molar refractivity (Wildman–Crippen MR) is 52.1 cm³/mol. The molecule has 0 aliphatic carbocycles. The smallest absolute Gasteiger partial charge is 0.130 e. The van der Waals surface area contributed by atoms with Gasteiger partial charge in [-0.3, -0.25) is 0 Å². The zero-order chi connectivity index (χ0) is 10.8. The molecule has 1 N–H and O–H groups in total. The van der Waals surface area contributed by atoms with Crippen molar-refractivity contribution in [1.82, 2.24) is 0 Å². The van der Waals surface area contributed by atoms with Crippen LogP contribution in [0.15, 0.2) is 24.3 Å². The number of hydrogen-bond acceptors (Lipinski definition) is 2. The summed E-state index contributed by atoms with van der Waals surface area (Å²) in [5, 5.41) is 9.18. The minimum atomic E-state index is -1.62. The molecule has 0 spiro atoms. The molecule has 1 aromatic rings. The van der Waals surface area contributed by atoms with Gasteiger partial charge in [0.05, 0.1) is 5.92 Å². The Morgan fingerprint density at radius 3 is 2.57 bits per heavy atom. The lowest BCUT2D eigenvalue weighted by Gasteiger charge is -2.22. The molecule has 14 heavy (non-hydrogen) atoms. The normalized spacial score (nSPS) is 13.6. The highest BCUT2D eigenvalue weighted by atomic mass is 19.1. The van der Waals surface area contributed by atoms with Crippen LogP contribution < -0.4 is 0 Å². The summed E-state index contributed by atoms with van der Waals surface area (Å²) in [6.45, 7) is 2.69. The van der Waals surface area contributed by atoms with Crippen molar-refractivity contribution < 1.29 is 14.3 Å². The molecule has 0 fully saturated rings. The Balaban J connectivity index is 3.07. The van der Waals surface area contributed by atoms with E-state index < -0.39 is 11.6 Å². The highest BCUT2D eigenvalue weighted by Crippen LogP contribution is 2.30. The molecule has 0 radical (unpaired) electrons. The molecule has 2 nitrogen and oxygen atoms in total. The number of rotatable bonds is 3. The molecule has 1 unspecified atom stereocenters. The molecule has 1 atom stereocenters. The maximum atomic E-state index is 13.6. The van der Waals surface area contributed by atoms with Crippen LogP contribution in [0.4, 0.5) is 4.39 Å². The van der Waals surface area contributed by atoms with Crippen LogP contribution in [-0.2, 0) is 4.79 Å². The van der Waals surface area contributed by atoms with E-state index in [1.165, 1.54) is 26.0 Å². The fourth-order valence-electron chi connectivity index (χ4n) is 1.35. The third kappa shape index (κ3) is 2.31. The maximum Gasteiger partial charge on any atom is 0.130 e. The van der Waals surface area contributed by atoms with E-state index in [1.807, 2.05) is 0 Å². The molecule has 0 aliphatic heterocycles. The molecule has 1 aromatic carbocycles. The van der Waals surface area contributed by atoms with Crippen molar-refractivity contribution >= 4 is 6.29 Å². The van der Waals surface area contributed by atoms with Gasteiger partial charge in [-0.15, -0.1) is 0 Å². The Hall–Kier alpha value is -1.38. The predicted octanol–water partition coefficient (Wildman–Crippen LogP) is 2.42. The van der Waals surface area contributed by atoms with Gasteiger partial charge in [0.25, 0.3) is 0 Å². The third-order valence-corrected chi connectivity index (χ3v) is 2.10. The van der Waals surface area contributed by atoms with Gasteiger partial charge in [0, 0.05) is 0 Å². The zero-order valence-electron chi connectivity index (χ0n) is 8.20. The number of halogens is 1. The van der Waals surface area contributed by atoms with Crippen LogP contribution in [0.25, 0.3) is 0 Å². The van der Waals surface area contributed by atoms with Crippen LogP contribution in [0.2, 0.25) is 0 Å². The van der Waals surface area contributed by atoms with Crippen LogP contribution in [0.5, 0.6) is 5.75 Å². The van der Waals surface area contributed by atoms with Crippen LogP contribution >= 0.6 is 0 Å². The standard InChI is InChI=1S/C11H13FO2/c1-11(2,12)10(7-13)8-4-3-5-9(14)6-8/h3-7,10,14H,1-2H3. The maximum absolute atomic E-state index is 13.6. The Labute approximate surface area is 82.4 Å². The summed E-state index contributed by atoms with van der Waals surface area (Å²) in [5.41, 5.74) is -1.12. The van der Waals surface area contributed by atoms with E-state index in [4.69, 9.17) is 0 Å². The number of hydrogen-bond donors (Lipinski definition) is 1. The van der Waals surface area contributed by atoms with Crippen molar-refractivity contribution in [3.05, 3.63) is 29.8 Å². The van der Waals surface area contributed by atoms with Crippen molar-refractivity contribution in [2.45, 2.75) is 25.4 Å². The molecule has 0 saturated heterocycles. The van der Waals surface area contributed by atoms with Gasteiger partial charge in [-0.05, 0) is 31.5 Å². The largest absolute Gasteiger partial charge is 0.508 e. The quantitative estimate of drug-likeness (QED) is 0.754. The molecule has 76 valence electrons. The van der Waals surface area contributed by atoms with Crippen LogP contribution in [-0.4, -0.2) is 17.1 Å². The number of phenols is 1. The Kier molecular flexibility index (Phi) is 2.89. The molecule has 0 aliphatic rings. The summed E-state index contributed by atoms with van der Waals surface area (Å²) in [6, 6.07) is 6.10. The van der Waals surface area contributed by atoms with Gasteiger partial charge < -0.3 is 9.90 Å². The van der Waals surface area contributed by atoms with E-state index in [1.54, 1.807) is 12.1 Å². The Morgan fingerprint density at radius 2 is 2.14 bits per heavy atom. The van der Waals surface area contributed by atoms with Gasteiger partial charge >= 0.3 is 0 Å². The number of benzene rings is 1. The monoisotopic (exact) mass is 196 g/mol. The van der Waals surface area contributed by atoms with E-state index in [-0.39, 0.29) is 5.75 Å². The fourth-order valence-corrected chi connectivity index (χ4v) is 1.35. The van der Waals surface area contributed by atoms with Crippen molar-refractivity contribution in [3.8, 4) is 5.75 Å². The number of alkyl halides is 1. The molecule has 0 saturated carbocycles. The average molecular weight is 196 g/mol. The zero-order valence-corrected chi connectivity index (χ0v) is 8.20. The number of carbonyl (C=O) groups is 1. The molecule has 0 heterocycles. The minimum Gasteiger partial charge on any atom is -0.508 e. The van der Waals surface area contributed by atoms with Crippen molar-refractivity contribution in [1.29, 1.82) is 0 Å². The summed E-state index contributed by atoms with van der Waals surface area (Å²) < 4.78 is 13.6. The first kappa shape index (κ1) is 10.7. The van der Waals surface area contributed by atoms with Gasteiger partial charge in [-0.1, -0.05) is 12.1 Å². The number of aromatic hydroxyl groups is 1.